The van der Waals surface area contributed by atoms with E-state index in [2.05, 4.69) is 10.1 Å². The van der Waals surface area contributed by atoms with E-state index in [1.807, 2.05) is 30.3 Å². The molecular formula is C10H11NO2. The van der Waals surface area contributed by atoms with Crippen molar-refractivity contribution < 1.29 is 9.53 Å². The second-order valence-electron chi connectivity index (χ2n) is 3.06. The van der Waals surface area contributed by atoms with Crippen LogP contribution in [0.1, 0.15) is 11.6 Å². The van der Waals surface area contributed by atoms with E-state index in [9.17, 15) is 4.79 Å². The quantitative estimate of drug-likeness (QED) is 0.538. The topological polar surface area (TPSA) is 48.2 Å². The van der Waals surface area contributed by atoms with Gasteiger partial charge in [-0.15, -0.1) is 0 Å². The van der Waals surface area contributed by atoms with E-state index in [-0.39, 0.29) is 18.1 Å². The zero-order valence-electron chi connectivity index (χ0n) is 7.36. The van der Waals surface area contributed by atoms with Gasteiger partial charge >= 0.3 is 5.97 Å². The van der Waals surface area contributed by atoms with Gasteiger partial charge in [0.15, 0.2) is 0 Å². The molecular weight excluding hydrogens is 166 g/mol. The summed E-state index contributed by atoms with van der Waals surface area (Å²) in [5, 5.41) is 3.06. The lowest BCUT2D eigenvalue weighted by Gasteiger charge is -1.96. The van der Waals surface area contributed by atoms with Crippen LogP contribution in [0.3, 0.4) is 0 Å². The molecule has 68 valence electrons. The Morgan fingerprint density at radius 3 is 2.69 bits per heavy atom. The Morgan fingerprint density at radius 2 is 2.08 bits per heavy atom. The molecule has 0 aromatic heterocycles. The molecule has 0 bridgehead atoms. The molecule has 0 unspecified atom stereocenters. The van der Waals surface area contributed by atoms with Crippen LogP contribution in [0.15, 0.2) is 30.3 Å². The number of rotatable bonds is 2. The summed E-state index contributed by atoms with van der Waals surface area (Å²) in [7, 11) is 1.41. The molecule has 1 aliphatic heterocycles. The minimum atomic E-state index is -0.186. The third-order valence-corrected chi connectivity index (χ3v) is 2.20. The van der Waals surface area contributed by atoms with Crippen LogP contribution in [-0.4, -0.2) is 19.1 Å². The molecule has 3 nitrogen and oxygen atoms in total. The predicted molar refractivity (Wildman–Crippen MR) is 48.1 cm³/mol. The van der Waals surface area contributed by atoms with Crippen LogP contribution in [0.25, 0.3) is 0 Å². The van der Waals surface area contributed by atoms with Gasteiger partial charge < -0.3 is 4.74 Å². The molecule has 2 atom stereocenters. The van der Waals surface area contributed by atoms with Gasteiger partial charge in [0, 0.05) is 0 Å². The Hall–Kier alpha value is -1.35. The van der Waals surface area contributed by atoms with Gasteiger partial charge in [0.25, 0.3) is 0 Å². The summed E-state index contributed by atoms with van der Waals surface area (Å²) in [5.41, 5.74) is 1.14. The van der Waals surface area contributed by atoms with E-state index in [1.165, 1.54) is 7.11 Å². The Bertz CT molecular complexity index is 310. The molecule has 3 heteroatoms. The molecule has 1 heterocycles. The molecule has 1 saturated heterocycles. The Kier molecular flexibility index (Phi) is 2.02. The maximum atomic E-state index is 11.1. The maximum absolute atomic E-state index is 11.1. The summed E-state index contributed by atoms with van der Waals surface area (Å²) >= 11 is 0. The van der Waals surface area contributed by atoms with Gasteiger partial charge in [-0.1, -0.05) is 30.3 Å². The minimum Gasteiger partial charge on any atom is -0.468 e. The highest BCUT2D eigenvalue weighted by molar-refractivity contribution is 5.80. The summed E-state index contributed by atoms with van der Waals surface area (Å²) in [5.74, 6) is -0.186. The van der Waals surface area contributed by atoms with Crippen molar-refractivity contribution in [3.05, 3.63) is 35.9 Å². The van der Waals surface area contributed by atoms with Gasteiger partial charge in [0.2, 0.25) is 0 Å². The van der Waals surface area contributed by atoms with Crippen LogP contribution in [-0.2, 0) is 9.53 Å². The number of ether oxygens (including phenoxy) is 1. The highest BCUT2D eigenvalue weighted by Crippen LogP contribution is 2.29. The van der Waals surface area contributed by atoms with Crippen molar-refractivity contribution in [3.63, 3.8) is 0 Å². The van der Waals surface area contributed by atoms with E-state index < -0.39 is 0 Å². The Labute approximate surface area is 76.7 Å². The van der Waals surface area contributed by atoms with Crippen molar-refractivity contribution in [3.8, 4) is 0 Å². The lowest BCUT2D eigenvalue weighted by atomic mass is 10.1. The predicted octanol–water partition coefficient (Wildman–Crippen LogP) is 0.872. The second kappa shape index (κ2) is 3.18. The number of nitrogens with one attached hydrogen (secondary N) is 1. The number of methoxy groups -OCH3 is 1. The van der Waals surface area contributed by atoms with E-state index in [0.717, 1.165) is 5.56 Å². The number of esters is 1. The van der Waals surface area contributed by atoms with Gasteiger partial charge in [0.1, 0.15) is 6.04 Å². The maximum Gasteiger partial charge on any atom is 0.324 e. The number of carbonyl (C=O) groups excluding carboxylic acids is 1. The zero-order valence-corrected chi connectivity index (χ0v) is 7.36. The van der Waals surface area contributed by atoms with Crippen molar-refractivity contribution in [2.45, 2.75) is 12.1 Å². The summed E-state index contributed by atoms with van der Waals surface area (Å²) in [6.07, 6.45) is 0. The highest BCUT2D eigenvalue weighted by atomic mass is 16.5. The van der Waals surface area contributed by atoms with Gasteiger partial charge in [-0.2, -0.15) is 0 Å². The van der Waals surface area contributed by atoms with Crippen molar-refractivity contribution >= 4 is 5.97 Å². The highest BCUT2D eigenvalue weighted by Gasteiger charge is 2.44. The molecule has 1 N–H and O–H groups in total. The van der Waals surface area contributed by atoms with Crippen LogP contribution in [0, 0.1) is 0 Å². The van der Waals surface area contributed by atoms with E-state index in [1.54, 1.807) is 0 Å². The molecule has 13 heavy (non-hydrogen) atoms. The number of benzene rings is 1. The SMILES string of the molecule is COC(=O)[C@@H]1N[C@@H]1c1ccccc1. The lowest BCUT2D eigenvalue weighted by Crippen LogP contribution is -2.11. The summed E-state index contributed by atoms with van der Waals surface area (Å²) in [6.45, 7) is 0. The molecule has 1 aromatic carbocycles. The smallest absolute Gasteiger partial charge is 0.324 e. The zero-order chi connectivity index (χ0) is 9.26. The largest absolute Gasteiger partial charge is 0.468 e. The summed E-state index contributed by atoms with van der Waals surface area (Å²) in [4.78, 5) is 11.1. The number of hydrogen-bond acceptors (Lipinski definition) is 3. The first-order valence-electron chi connectivity index (χ1n) is 4.22. The molecule has 1 aliphatic rings. The monoisotopic (exact) mass is 177 g/mol. The van der Waals surface area contributed by atoms with E-state index in [4.69, 9.17) is 0 Å². The molecule has 2 rings (SSSR count). The van der Waals surface area contributed by atoms with Crippen molar-refractivity contribution in [1.82, 2.24) is 5.32 Å². The van der Waals surface area contributed by atoms with Crippen LogP contribution in [0.5, 0.6) is 0 Å². The van der Waals surface area contributed by atoms with E-state index in [0.29, 0.717) is 0 Å². The standard InChI is InChI=1S/C10H11NO2/c1-13-10(12)9-8(11-9)7-5-3-2-4-6-7/h2-6,8-9,11H,1H3/t8-,9-/m1/s1. The fraction of sp³-hybridized carbons (Fsp3) is 0.300. The molecule has 0 spiro atoms. The molecule has 1 fully saturated rings. The first-order valence-corrected chi connectivity index (χ1v) is 4.22. The van der Waals surface area contributed by atoms with Gasteiger partial charge in [0.05, 0.1) is 13.2 Å². The van der Waals surface area contributed by atoms with Crippen LogP contribution in [0.4, 0.5) is 0 Å². The molecule has 0 amide bonds. The van der Waals surface area contributed by atoms with Crippen molar-refractivity contribution in [1.29, 1.82) is 0 Å². The first kappa shape index (κ1) is 8.26. The number of carbonyl (C=O) groups is 1. The first-order chi connectivity index (χ1) is 6.33. The van der Waals surface area contributed by atoms with Crippen molar-refractivity contribution in [2.75, 3.05) is 7.11 Å². The average molecular weight is 177 g/mol. The van der Waals surface area contributed by atoms with Gasteiger partial charge in [-0.25, -0.2) is 0 Å². The lowest BCUT2D eigenvalue weighted by molar-refractivity contribution is -0.140. The second-order valence-corrected chi connectivity index (χ2v) is 3.06. The normalized spacial score (nSPS) is 25.3. The minimum absolute atomic E-state index is 0.146. The summed E-state index contributed by atoms with van der Waals surface area (Å²) < 4.78 is 4.62. The van der Waals surface area contributed by atoms with Crippen LogP contribution >= 0.6 is 0 Å². The third-order valence-electron chi connectivity index (χ3n) is 2.20. The van der Waals surface area contributed by atoms with E-state index >= 15 is 0 Å². The van der Waals surface area contributed by atoms with Crippen LogP contribution in [0.2, 0.25) is 0 Å². The molecule has 0 saturated carbocycles. The Morgan fingerprint density at radius 1 is 1.38 bits per heavy atom. The molecule has 0 radical (unpaired) electrons. The van der Waals surface area contributed by atoms with Crippen LogP contribution < -0.4 is 5.32 Å². The molecule has 0 aliphatic carbocycles. The van der Waals surface area contributed by atoms with Gasteiger partial charge in [-0.3, -0.25) is 10.1 Å². The van der Waals surface area contributed by atoms with Gasteiger partial charge in [-0.05, 0) is 5.56 Å². The number of hydrogen-bond donors (Lipinski definition) is 1. The van der Waals surface area contributed by atoms with Crippen molar-refractivity contribution in [2.24, 2.45) is 0 Å². The fourth-order valence-electron chi connectivity index (χ4n) is 1.42. The average Bonchev–Trinajstić information content (AvgIpc) is 2.98. The fourth-order valence-corrected chi connectivity index (χ4v) is 1.42. The summed E-state index contributed by atoms with van der Waals surface area (Å²) in [6, 6.07) is 9.88. The Balaban J connectivity index is 2.04. The third kappa shape index (κ3) is 1.55. The molecule has 1 aromatic rings.